The zero-order valence-electron chi connectivity index (χ0n) is 20.6. The van der Waals surface area contributed by atoms with Gasteiger partial charge < -0.3 is 38.1 Å². The van der Waals surface area contributed by atoms with Gasteiger partial charge in [-0.3, -0.25) is 43.9 Å². The molecule has 4 atom stereocenters. The van der Waals surface area contributed by atoms with Gasteiger partial charge in [0.25, 0.3) is 0 Å². The number of carbonyl (C=O) groups is 7. The first-order valence-electron chi connectivity index (χ1n) is 11.4. The Bertz CT molecular complexity index is 959. The van der Waals surface area contributed by atoms with E-state index in [-0.39, 0.29) is 36.9 Å². The van der Waals surface area contributed by atoms with Crippen LogP contribution in [-0.2, 0) is 33.6 Å². The van der Waals surface area contributed by atoms with Crippen molar-refractivity contribution in [2.24, 2.45) is 16.5 Å². The number of aliphatic imine (C=N–C) groups is 1. The van der Waals surface area contributed by atoms with Crippen molar-refractivity contribution in [1.29, 1.82) is 0 Å². The van der Waals surface area contributed by atoms with Crippen LogP contribution in [0.3, 0.4) is 0 Å². The molecule has 1 saturated heterocycles. The van der Waals surface area contributed by atoms with Crippen LogP contribution in [-0.4, -0.2) is 96.1 Å². The van der Waals surface area contributed by atoms with Gasteiger partial charge in [0.1, 0.15) is 24.2 Å². The summed E-state index contributed by atoms with van der Waals surface area (Å²) in [6, 6.07) is -5.10. The predicted molar refractivity (Wildman–Crippen MR) is 142 cm³/mol. The third-order valence-electron chi connectivity index (χ3n) is 4.99. The number of thiol groups is 2. The monoisotopic (exact) mass is 575 g/mol. The molecular formula is C20H33N9O7S2. The summed E-state index contributed by atoms with van der Waals surface area (Å²) in [6.07, 6.45) is -0.275. The number of carbonyl (C=O) groups excluding carboxylic acids is 7. The molecule has 1 fully saturated rings. The van der Waals surface area contributed by atoms with Gasteiger partial charge in [-0.15, -0.1) is 0 Å². The molecule has 0 radical (unpaired) electrons. The Hall–Kier alpha value is -3.54. The first-order valence-corrected chi connectivity index (χ1v) is 12.7. The smallest absolute Gasteiger partial charge is 0.244 e. The number of nitrogens with two attached hydrogens (primary N) is 2. The highest BCUT2D eigenvalue weighted by atomic mass is 32.1. The fraction of sp³-hybridized carbons (Fsp3) is 0.600. The van der Waals surface area contributed by atoms with E-state index in [1.54, 1.807) is 0 Å². The summed E-state index contributed by atoms with van der Waals surface area (Å²) >= 11 is 8.14. The molecule has 0 aromatic heterocycles. The topological polar surface area (TPSA) is 256 Å². The Morgan fingerprint density at radius 1 is 0.868 bits per heavy atom. The molecule has 1 aliphatic rings. The summed E-state index contributed by atoms with van der Waals surface area (Å²) in [7, 11) is 0. The van der Waals surface area contributed by atoms with Gasteiger partial charge >= 0.3 is 0 Å². The van der Waals surface area contributed by atoms with Crippen LogP contribution in [0.2, 0.25) is 0 Å². The molecule has 0 aromatic rings. The zero-order chi connectivity index (χ0) is 28.8. The van der Waals surface area contributed by atoms with E-state index in [9.17, 15) is 33.6 Å². The van der Waals surface area contributed by atoms with Gasteiger partial charge in [0.15, 0.2) is 5.96 Å². The highest BCUT2D eigenvalue weighted by Gasteiger charge is 2.32. The fourth-order valence-electron chi connectivity index (χ4n) is 3.16. The second kappa shape index (κ2) is 16.3. The highest BCUT2D eigenvalue weighted by molar-refractivity contribution is 7.80. The van der Waals surface area contributed by atoms with Crippen molar-refractivity contribution in [1.82, 2.24) is 31.9 Å². The van der Waals surface area contributed by atoms with Gasteiger partial charge in [0.05, 0.1) is 13.0 Å². The Morgan fingerprint density at radius 2 is 1.39 bits per heavy atom. The molecule has 0 aliphatic carbocycles. The quantitative estimate of drug-likeness (QED) is 0.0574. The van der Waals surface area contributed by atoms with E-state index >= 15 is 0 Å². The fourth-order valence-corrected chi connectivity index (χ4v) is 3.67. The van der Waals surface area contributed by atoms with Crippen LogP contribution < -0.4 is 43.4 Å². The minimum atomic E-state index is -1.50. The summed E-state index contributed by atoms with van der Waals surface area (Å²) in [6.45, 7) is 0.641. The molecule has 10 N–H and O–H groups in total. The second-order valence-corrected chi connectivity index (χ2v) is 8.87. The summed E-state index contributed by atoms with van der Waals surface area (Å²) in [5, 5.41) is 13.9. The number of nitrogens with one attached hydrogen (secondary N) is 6. The largest absolute Gasteiger partial charge is 0.370 e. The summed E-state index contributed by atoms with van der Waals surface area (Å²) in [5.74, 6) is -6.11. The average Bonchev–Trinajstić information content (AvgIpc) is 2.84. The SMILES string of the molecule is CC(=O)NC(=O)C[C@@H]1NC(=O)[C@H](CS)NC(=O)[C@H](CS)NC(=O)[C@H](CCCN=C(N)N)NC(=O)CNC1=O. The number of nitrogens with zero attached hydrogens (tertiary/aromatic N) is 1. The van der Waals surface area contributed by atoms with Crippen LogP contribution in [0.4, 0.5) is 0 Å². The number of imide groups is 1. The standard InChI is InChI=1S/C20H33N9O7S2/c1-9(30)25-14(31)5-11-16(33)24-6-15(32)26-10(3-2-4-23-20(21)22)17(34)28-13(8-38)19(36)29-12(7-37)18(35)27-11/h10-13,37-38H,2-8H2,1H3,(H,24,33)(H,26,32)(H,27,35)(H,28,34)(H,29,36)(H4,21,22,23)(H,25,30,31)/t10-,11-,12-,13-/m0/s1. The van der Waals surface area contributed by atoms with Crippen LogP contribution in [0.15, 0.2) is 4.99 Å². The van der Waals surface area contributed by atoms with Crippen LogP contribution >= 0.6 is 25.3 Å². The maximum Gasteiger partial charge on any atom is 0.244 e. The highest BCUT2D eigenvalue weighted by Crippen LogP contribution is 2.03. The van der Waals surface area contributed by atoms with Gasteiger partial charge in [-0.05, 0) is 12.8 Å². The van der Waals surface area contributed by atoms with Crippen molar-refractivity contribution >= 4 is 72.6 Å². The molecule has 1 aliphatic heterocycles. The van der Waals surface area contributed by atoms with Gasteiger partial charge in [0, 0.05) is 25.0 Å². The molecule has 0 aromatic carbocycles. The predicted octanol–water partition coefficient (Wildman–Crippen LogP) is -4.98. The molecule has 0 bridgehead atoms. The van der Waals surface area contributed by atoms with E-state index in [4.69, 9.17) is 11.5 Å². The van der Waals surface area contributed by atoms with Gasteiger partial charge in [-0.1, -0.05) is 0 Å². The molecule has 16 nitrogen and oxygen atoms in total. The molecule has 0 spiro atoms. The lowest BCUT2D eigenvalue weighted by atomic mass is 10.1. The maximum absolute atomic E-state index is 12.9. The molecular weight excluding hydrogens is 542 g/mol. The minimum Gasteiger partial charge on any atom is -0.370 e. The van der Waals surface area contributed by atoms with E-state index in [0.29, 0.717) is 0 Å². The zero-order valence-corrected chi connectivity index (χ0v) is 22.4. The summed E-state index contributed by atoms with van der Waals surface area (Å²) in [4.78, 5) is 90.8. The van der Waals surface area contributed by atoms with Crippen molar-refractivity contribution in [3.8, 4) is 0 Å². The lowest BCUT2D eigenvalue weighted by molar-refractivity contribution is -0.135. The van der Waals surface area contributed by atoms with E-state index in [0.717, 1.165) is 6.92 Å². The summed E-state index contributed by atoms with van der Waals surface area (Å²) in [5.41, 5.74) is 10.6. The maximum atomic E-state index is 12.9. The lowest BCUT2D eigenvalue weighted by Crippen LogP contribution is -2.58. The van der Waals surface area contributed by atoms with Crippen LogP contribution in [0, 0.1) is 0 Å². The van der Waals surface area contributed by atoms with Crippen molar-refractivity contribution in [3.63, 3.8) is 0 Å². The lowest BCUT2D eigenvalue weighted by Gasteiger charge is -2.24. The average molecular weight is 576 g/mol. The third kappa shape index (κ3) is 11.7. The van der Waals surface area contributed by atoms with Crippen molar-refractivity contribution < 1.29 is 33.6 Å². The first kappa shape index (κ1) is 32.5. The third-order valence-corrected chi connectivity index (χ3v) is 5.72. The Morgan fingerprint density at radius 3 is 1.89 bits per heavy atom. The minimum absolute atomic E-state index is 0.0797. The van der Waals surface area contributed by atoms with Crippen LogP contribution in [0.1, 0.15) is 26.2 Å². The van der Waals surface area contributed by atoms with E-state index in [1.807, 2.05) is 5.32 Å². The number of rotatable bonds is 8. The van der Waals surface area contributed by atoms with E-state index < -0.39 is 78.5 Å². The van der Waals surface area contributed by atoms with Crippen molar-refractivity contribution in [3.05, 3.63) is 0 Å². The van der Waals surface area contributed by atoms with Crippen molar-refractivity contribution in [2.45, 2.75) is 50.4 Å². The molecule has 38 heavy (non-hydrogen) atoms. The number of amides is 7. The molecule has 0 unspecified atom stereocenters. The van der Waals surface area contributed by atoms with E-state index in [1.165, 1.54) is 0 Å². The molecule has 0 saturated carbocycles. The normalized spacial score (nSPS) is 23.3. The van der Waals surface area contributed by atoms with E-state index in [2.05, 4.69) is 56.8 Å². The summed E-state index contributed by atoms with van der Waals surface area (Å²) < 4.78 is 0. The van der Waals surface area contributed by atoms with Gasteiger partial charge in [-0.25, -0.2) is 0 Å². The Kier molecular flexibility index (Phi) is 14.0. The first-order chi connectivity index (χ1) is 17.9. The molecule has 18 heteroatoms. The van der Waals surface area contributed by atoms with Crippen LogP contribution in [0.5, 0.6) is 0 Å². The molecule has 7 amide bonds. The second-order valence-electron chi connectivity index (χ2n) is 8.14. The number of hydrogen-bond donors (Lipinski definition) is 10. The Balaban J connectivity index is 3.24. The van der Waals surface area contributed by atoms with Crippen molar-refractivity contribution in [2.75, 3.05) is 24.6 Å². The number of guanidine groups is 1. The molecule has 212 valence electrons. The number of hydrogen-bond acceptors (Lipinski definition) is 10. The molecule has 1 heterocycles. The Labute approximate surface area is 229 Å². The molecule has 1 rings (SSSR count). The van der Waals surface area contributed by atoms with Gasteiger partial charge in [0.2, 0.25) is 41.4 Å². The van der Waals surface area contributed by atoms with Crippen LogP contribution in [0.25, 0.3) is 0 Å². The van der Waals surface area contributed by atoms with Gasteiger partial charge in [-0.2, -0.15) is 25.3 Å².